The lowest BCUT2D eigenvalue weighted by molar-refractivity contribution is -0.121. The van der Waals surface area contributed by atoms with Crippen molar-refractivity contribution >= 4 is 46.4 Å². The van der Waals surface area contributed by atoms with Crippen molar-refractivity contribution in [3.8, 4) is 17.2 Å². The largest absolute Gasteiger partial charge is 0.492 e. The van der Waals surface area contributed by atoms with Crippen LogP contribution in [0.15, 0.2) is 66.7 Å². The molecule has 1 heterocycles. The zero-order chi connectivity index (χ0) is 23.2. The van der Waals surface area contributed by atoms with Crippen LogP contribution in [0.3, 0.4) is 0 Å². The van der Waals surface area contributed by atoms with E-state index in [0.717, 1.165) is 5.75 Å². The molecule has 0 fully saturated rings. The zero-order valence-corrected chi connectivity index (χ0v) is 18.9. The number of anilines is 2. The molecule has 170 valence electrons. The number of carbonyl (C=O) groups is 2. The Hall–Kier alpha value is -3.42. The Labute approximate surface area is 200 Å². The van der Waals surface area contributed by atoms with Crippen LogP contribution < -0.4 is 24.4 Å². The molecular formula is C24H20Cl2N2O5. The van der Waals surface area contributed by atoms with Gasteiger partial charge in [0.2, 0.25) is 0 Å². The Morgan fingerprint density at radius 3 is 2.64 bits per heavy atom. The number of nitrogens with zero attached hydrogens (tertiary/aromatic N) is 1. The fraction of sp³-hybridized carbons (Fsp3) is 0.167. The van der Waals surface area contributed by atoms with Gasteiger partial charge in [-0.05, 0) is 42.5 Å². The van der Waals surface area contributed by atoms with Crippen LogP contribution in [0.1, 0.15) is 0 Å². The number of fused-ring (bicyclic) bond motifs is 1. The summed E-state index contributed by atoms with van der Waals surface area (Å²) in [5.41, 5.74) is 1.13. The minimum absolute atomic E-state index is 0.0894. The van der Waals surface area contributed by atoms with E-state index in [1.54, 1.807) is 35.2 Å². The number of hydrogen-bond donors (Lipinski definition) is 1. The number of nitrogens with one attached hydrogen (secondary N) is 1. The van der Waals surface area contributed by atoms with E-state index >= 15 is 0 Å². The first kappa shape index (κ1) is 22.8. The number of benzene rings is 3. The standard InChI is InChI=1S/C24H20Cl2N2O5/c25-16-6-9-21(19(26)12-16)32-14-23(29)27-17-7-8-20-22(13-17)33-15-24(30)28(20)10-11-31-18-4-2-1-3-5-18/h1-9,12-13H,10-11,14-15H2,(H,27,29). The highest BCUT2D eigenvalue weighted by Crippen LogP contribution is 2.34. The number of rotatable bonds is 8. The van der Waals surface area contributed by atoms with Crippen LogP contribution in [0.4, 0.5) is 11.4 Å². The second-order valence-electron chi connectivity index (χ2n) is 7.09. The first-order chi connectivity index (χ1) is 16.0. The smallest absolute Gasteiger partial charge is 0.265 e. The van der Waals surface area contributed by atoms with Crippen molar-refractivity contribution in [2.75, 3.05) is 36.6 Å². The van der Waals surface area contributed by atoms with E-state index in [1.165, 1.54) is 6.07 Å². The molecule has 1 aliphatic heterocycles. The Morgan fingerprint density at radius 1 is 1.03 bits per heavy atom. The number of amides is 2. The highest BCUT2D eigenvalue weighted by atomic mass is 35.5. The molecule has 0 radical (unpaired) electrons. The van der Waals surface area contributed by atoms with Gasteiger partial charge in [0, 0.05) is 16.8 Å². The summed E-state index contributed by atoms with van der Waals surface area (Å²) in [5, 5.41) is 3.54. The summed E-state index contributed by atoms with van der Waals surface area (Å²) in [6.45, 7) is 0.373. The zero-order valence-electron chi connectivity index (χ0n) is 17.4. The van der Waals surface area contributed by atoms with Gasteiger partial charge in [0.15, 0.2) is 13.2 Å². The van der Waals surface area contributed by atoms with Gasteiger partial charge in [0.1, 0.15) is 23.9 Å². The fourth-order valence-corrected chi connectivity index (χ4v) is 3.69. The van der Waals surface area contributed by atoms with Crippen LogP contribution in [0.25, 0.3) is 0 Å². The summed E-state index contributed by atoms with van der Waals surface area (Å²) in [6.07, 6.45) is 0. The summed E-state index contributed by atoms with van der Waals surface area (Å²) in [7, 11) is 0. The van der Waals surface area contributed by atoms with E-state index in [4.69, 9.17) is 37.4 Å². The van der Waals surface area contributed by atoms with Crippen molar-refractivity contribution in [1.82, 2.24) is 0 Å². The Morgan fingerprint density at radius 2 is 1.85 bits per heavy atom. The lowest BCUT2D eigenvalue weighted by Crippen LogP contribution is -2.41. The monoisotopic (exact) mass is 486 g/mol. The second-order valence-corrected chi connectivity index (χ2v) is 7.93. The van der Waals surface area contributed by atoms with E-state index in [9.17, 15) is 9.59 Å². The Balaban J connectivity index is 1.35. The van der Waals surface area contributed by atoms with Gasteiger partial charge in [-0.3, -0.25) is 9.59 Å². The Kier molecular flexibility index (Phi) is 7.22. The van der Waals surface area contributed by atoms with E-state index in [-0.39, 0.29) is 25.0 Å². The molecule has 0 saturated heterocycles. The van der Waals surface area contributed by atoms with Crippen molar-refractivity contribution in [3.05, 3.63) is 76.8 Å². The maximum atomic E-state index is 12.4. The van der Waals surface area contributed by atoms with Crippen LogP contribution in [0.2, 0.25) is 10.0 Å². The van der Waals surface area contributed by atoms with Crippen molar-refractivity contribution in [2.45, 2.75) is 0 Å². The molecule has 0 aliphatic carbocycles. The molecule has 1 N–H and O–H groups in total. The number of halogens is 2. The van der Waals surface area contributed by atoms with E-state index < -0.39 is 0 Å². The topological polar surface area (TPSA) is 77.1 Å². The number of para-hydroxylation sites is 1. The lowest BCUT2D eigenvalue weighted by Gasteiger charge is -2.29. The maximum absolute atomic E-state index is 12.4. The highest BCUT2D eigenvalue weighted by molar-refractivity contribution is 6.35. The highest BCUT2D eigenvalue weighted by Gasteiger charge is 2.26. The molecule has 7 nitrogen and oxygen atoms in total. The first-order valence-electron chi connectivity index (χ1n) is 10.1. The SMILES string of the molecule is O=C(COc1ccc(Cl)cc1Cl)Nc1ccc2c(c1)OCC(=O)N2CCOc1ccccc1. The van der Waals surface area contributed by atoms with Gasteiger partial charge in [0.25, 0.3) is 11.8 Å². The van der Waals surface area contributed by atoms with Crippen LogP contribution in [0.5, 0.6) is 17.2 Å². The molecule has 1 aliphatic rings. The van der Waals surface area contributed by atoms with Gasteiger partial charge in [-0.15, -0.1) is 0 Å². The van der Waals surface area contributed by atoms with Gasteiger partial charge in [-0.2, -0.15) is 0 Å². The van der Waals surface area contributed by atoms with Crippen LogP contribution in [-0.4, -0.2) is 38.2 Å². The summed E-state index contributed by atoms with van der Waals surface area (Å²) in [4.78, 5) is 26.3. The second kappa shape index (κ2) is 10.5. The summed E-state index contributed by atoms with van der Waals surface area (Å²) >= 11 is 11.9. The van der Waals surface area contributed by atoms with Gasteiger partial charge in [0.05, 0.1) is 17.3 Å². The molecule has 33 heavy (non-hydrogen) atoms. The fourth-order valence-electron chi connectivity index (χ4n) is 3.23. The number of ether oxygens (including phenoxy) is 3. The molecule has 2 amide bonds. The van der Waals surface area contributed by atoms with Gasteiger partial charge >= 0.3 is 0 Å². The summed E-state index contributed by atoms with van der Waals surface area (Å²) < 4.78 is 16.7. The Bertz CT molecular complexity index is 1160. The van der Waals surface area contributed by atoms with E-state index in [0.29, 0.717) is 46.1 Å². The minimum Gasteiger partial charge on any atom is -0.492 e. The molecular weight excluding hydrogens is 467 g/mol. The quantitative estimate of drug-likeness (QED) is 0.494. The number of carbonyl (C=O) groups excluding carboxylic acids is 2. The molecule has 3 aromatic rings. The van der Waals surface area contributed by atoms with E-state index in [1.807, 2.05) is 30.3 Å². The van der Waals surface area contributed by atoms with E-state index in [2.05, 4.69) is 5.32 Å². The molecule has 0 unspecified atom stereocenters. The average Bonchev–Trinajstić information content (AvgIpc) is 2.80. The van der Waals surface area contributed by atoms with Crippen molar-refractivity contribution < 1.29 is 23.8 Å². The molecule has 0 bridgehead atoms. The third kappa shape index (κ3) is 5.88. The van der Waals surface area contributed by atoms with Crippen LogP contribution in [0, 0.1) is 0 Å². The predicted octanol–water partition coefficient (Wildman–Crippen LogP) is 4.82. The first-order valence-corrected chi connectivity index (χ1v) is 10.9. The normalized spacial score (nSPS) is 12.5. The van der Waals surface area contributed by atoms with Crippen molar-refractivity contribution in [2.24, 2.45) is 0 Å². The summed E-state index contributed by atoms with van der Waals surface area (Å²) in [5.74, 6) is 1.05. The molecule has 3 aromatic carbocycles. The van der Waals surface area contributed by atoms with Gasteiger partial charge in [-0.1, -0.05) is 41.4 Å². The molecule has 0 saturated carbocycles. The minimum atomic E-state index is -0.374. The lowest BCUT2D eigenvalue weighted by atomic mass is 10.2. The molecule has 0 aromatic heterocycles. The average molecular weight is 487 g/mol. The third-order valence-electron chi connectivity index (χ3n) is 4.77. The molecule has 0 atom stereocenters. The third-order valence-corrected chi connectivity index (χ3v) is 5.30. The van der Waals surface area contributed by atoms with Gasteiger partial charge < -0.3 is 24.4 Å². The van der Waals surface area contributed by atoms with Crippen LogP contribution in [-0.2, 0) is 9.59 Å². The van der Waals surface area contributed by atoms with Gasteiger partial charge in [-0.25, -0.2) is 0 Å². The van der Waals surface area contributed by atoms with Crippen molar-refractivity contribution in [1.29, 1.82) is 0 Å². The summed E-state index contributed by atoms with van der Waals surface area (Å²) in [6, 6.07) is 19.2. The number of hydrogen-bond acceptors (Lipinski definition) is 5. The molecule has 0 spiro atoms. The molecule has 9 heteroatoms. The molecule has 4 rings (SSSR count). The van der Waals surface area contributed by atoms with Crippen LogP contribution >= 0.6 is 23.2 Å². The predicted molar refractivity (Wildman–Crippen MR) is 127 cm³/mol. The van der Waals surface area contributed by atoms with Crippen molar-refractivity contribution in [3.63, 3.8) is 0 Å². The maximum Gasteiger partial charge on any atom is 0.265 e.